The third kappa shape index (κ3) is 5.19. The highest BCUT2D eigenvalue weighted by atomic mass is 16.5. The van der Waals surface area contributed by atoms with Crippen LogP contribution in [0.4, 0.5) is 0 Å². The lowest BCUT2D eigenvalue weighted by Crippen LogP contribution is -2.06. The first-order valence-electron chi connectivity index (χ1n) is 9.94. The van der Waals surface area contributed by atoms with Crippen molar-refractivity contribution in [3.05, 3.63) is 69.3 Å². The Balaban J connectivity index is 2.03. The minimum atomic E-state index is -0.681. The van der Waals surface area contributed by atoms with Gasteiger partial charge in [-0.2, -0.15) is 0 Å². The number of hydrogen-bond acceptors (Lipinski definition) is 6. The Labute approximate surface area is 185 Å². The lowest BCUT2D eigenvalue weighted by atomic mass is 9.97. The normalized spacial score (nSPS) is 15.6. The number of amides is 1. The van der Waals surface area contributed by atoms with Crippen LogP contribution in [0.3, 0.4) is 0 Å². The molecule has 0 saturated heterocycles. The fraction of sp³-hybridized carbons (Fsp3) is 0.304. The molecule has 0 radical (unpaired) electrons. The molecule has 1 aliphatic heterocycles. The van der Waals surface area contributed by atoms with Crippen molar-refractivity contribution < 1.29 is 28.5 Å². The number of aryl methyl sites for hydroxylation is 1. The van der Waals surface area contributed by atoms with Crippen molar-refractivity contribution >= 4 is 17.4 Å². The lowest BCUT2D eigenvalue weighted by molar-refractivity contribution is -0.137. The minimum absolute atomic E-state index is 0.239. The maximum Gasteiger partial charge on any atom is 0.307 e. The fourth-order valence-corrected chi connectivity index (χ4v) is 3.55. The van der Waals surface area contributed by atoms with E-state index in [1.165, 1.54) is 6.92 Å². The van der Waals surface area contributed by atoms with E-state index >= 15 is 0 Å². The Hall–Kier alpha value is -3.97. The van der Waals surface area contributed by atoms with Gasteiger partial charge in [0.1, 0.15) is 23.0 Å². The van der Waals surface area contributed by atoms with Gasteiger partial charge in [0.05, 0.1) is 20.8 Å². The average molecular weight is 437 g/mol. The third-order valence-electron chi connectivity index (χ3n) is 5.02. The number of benzene rings is 2. The van der Waals surface area contributed by atoms with Gasteiger partial charge in [0.25, 0.3) is 0 Å². The van der Waals surface area contributed by atoms with Crippen LogP contribution in [0.15, 0.2) is 47.3 Å². The van der Waals surface area contributed by atoms with Crippen LogP contribution < -0.4 is 14.2 Å². The molecule has 1 aliphatic rings. The van der Waals surface area contributed by atoms with Gasteiger partial charge in [-0.25, -0.2) is 0 Å². The summed E-state index contributed by atoms with van der Waals surface area (Å²) in [5, 5.41) is 3.13. The summed E-state index contributed by atoms with van der Waals surface area (Å²) in [5.41, 5.74) is 11.1. The Kier molecular flexibility index (Phi) is 7.36. The van der Waals surface area contributed by atoms with Gasteiger partial charge in [-0.3, -0.25) is 9.59 Å². The van der Waals surface area contributed by atoms with Crippen LogP contribution in [0.1, 0.15) is 41.3 Å². The molecule has 1 heterocycles. The van der Waals surface area contributed by atoms with Crippen molar-refractivity contribution in [3.63, 3.8) is 0 Å². The van der Waals surface area contributed by atoms with Crippen molar-refractivity contribution in [2.45, 2.75) is 26.2 Å². The van der Waals surface area contributed by atoms with Crippen LogP contribution in [0.5, 0.6) is 17.2 Å². The van der Waals surface area contributed by atoms with E-state index in [2.05, 4.69) is 10.0 Å². The molecule has 0 aliphatic carbocycles. The van der Waals surface area contributed by atoms with Crippen LogP contribution >= 0.6 is 0 Å². The fourth-order valence-electron chi connectivity index (χ4n) is 3.55. The zero-order valence-electron chi connectivity index (χ0n) is 18.1. The molecule has 2 aromatic rings. The Morgan fingerprint density at radius 1 is 1.06 bits per heavy atom. The van der Waals surface area contributed by atoms with Crippen molar-refractivity contribution in [1.82, 2.24) is 0 Å². The number of hydrogen-bond donors (Lipinski definition) is 0. The summed E-state index contributed by atoms with van der Waals surface area (Å²) in [6.07, 6.45) is 1.35. The number of carbonyl (C=O) groups is 2. The number of esters is 1. The summed E-state index contributed by atoms with van der Waals surface area (Å²) in [6, 6.07) is 10.3. The molecule has 0 spiro atoms. The lowest BCUT2D eigenvalue weighted by Gasteiger charge is -2.17. The van der Waals surface area contributed by atoms with Crippen LogP contribution in [0.25, 0.3) is 16.0 Å². The first-order valence-corrected chi connectivity index (χ1v) is 9.94. The Morgan fingerprint density at radius 3 is 2.56 bits per heavy atom. The van der Waals surface area contributed by atoms with E-state index in [1.54, 1.807) is 44.6 Å². The summed E-state index contributed by atoms with van der Waals surface area (Å²) in [6.45, 7) is 1.62. The van der Waals surface area contributed by atoms with E-state index < -0.39 is 11.9 Å². The van der Waals surface area contributed by atoms with Crippen LogP contribution in [-0.4, -0.2) is 32.7 Å². The molecular formula is C23H23N3O6. The second kappa shape index (κ2) is 10.4. The number of fused-ring (bicyclic) bond motifs is 1. The molecule has 9 nitrogen and oxygen atoms in total. The molecule has 0 unspecified atom stereocenters. The van der Waals surface area contributed by atoms with E-state index in [-0.39, 0.29) is 12.2 Å². The highest BCUT2D eigenvalue weighted by Gasteiger charge is 2.21. The SMILES string of the molecule is COc1ccc(OC)c(/C2=C(\OC(C)=O)CCc3ccc(C(=O)N=[N+]=[N-])cc3OCC2)c1. The van der Waals surface area contributed by atoms with Gasteiger partial charge in [-0.05, 0) is 46.9 Å². The van der Waals surface area contributed by atoms with E-state index in [4.69, 9.17) is 24.5 Å². The predicted octanol–water partition coefficient (Wildman–Crippen LogP) is 4.84. The molecule has 1 amide bonds. The van der Waals surface area contributed by atoms with E-state index in [0.717, 1.165) is 16.7 Å². The zero-order chi connectivity index (χ0) is 23.1. The van der Waals surface area contributed by atoms with Gasteiger partial charge in [0, 0.05) is 41.4 Å². The van der Waals surface area contributed by atoms with Crippen molar-refractivity contribution in [1.29, 1.82) is 0 Å². The standard InChI is InChI=1S/C23H23N3O6/c1-14(27)32-21-8-6-15-4-5-16(23(28)25-26-24)12-22(15)31-11-10-18(21)19-13-17(29-2)7-9-20(19)30-3/h4-5,7,9,12-13H,6,8,10-11H2,1-3H3/b21-18-. The third-order valence-corrected chi connectivity index (χ3v) is 5.02. The molecule has 32 heavy (non-hydrogen) atoms. The first-order chi connectivity index (χ1) is 15.5. The van der Waals surface area contributed by atoms with Crippen LogP contribution in [0.2, 0.25) is 0 Å². The highest BCUT2D eigenvalue weighted by molar-refractivity contribution is 5.95. The molecule has 9 heteroatoms. The maximum atomic E-state index is 11.9. The van der Waals surface area contributed by atoms with Gasteiger partial charge in [0.15, 0.2) is 0 Å². The highest BCUT2D eigenvalue weighted by Crippen LogP contribution is 2.37. The number of carbonyl (C=O) groups excluding carboxylic acids is 2. The van der Waals surface area contributed by atoms with Gasteiger partial charge in [-0.1, -0.05) is 12.1 Å². The Morgan fingerprint density at radius 2 is 1.88 bits per heavy atom. The first kappa shape index (κ1) is 22.7. The molecule has 0 bridgehead atoms. The molecule has 0 N–H and O–H groups in total. The van der Waals surface area contributed by atoms with E-state index in [1.807, 2.05) is 6.07 Å². The van der Waals surface area contributed by atoms with Gasteiger partial charge in [0.2, 0.25) is 5.91 Å². The zero-order valence-corrected chi connectivity index (χ0v) is 18.1. The van der Waals surface area contributed by atoms with Crippen molar-refractivity contribution in [2.75, 3.05) is 20.8 Å². The number of ether oxygens (including phenoxy) is 4. The van der Waals surface area contributed by atoms with Gasteiger partial charge in [-0.15, -0.1) is 0 Å². The van der Waals surface area contributed by atoms with Crippen LogP contribution in [0, 0.1) is 0 Å². The summed E-state index contributed by atoms with van der Waals surface area (Å²) >= 11 is 0. The largest absolute Gasteiger partial charge is 0.497 e. The molecule has 0 atom stereocenters. The number of azide groups is 1. The summed E-state index contributed by atoms with van der Waals surface area (Å²) in [4.78, 5) is 26.3. The maximum absolute atomic E-state index is 11.9. The number of methoxy groups -OCH3 is 2. The quantitative estimate of drug-likeness (QED) is 0.286. The second-order valence-corrected chi connectivity index (χ2v) is 6.98. The summed E-state index contributed by atoms with van der Waals surface area (Å²) in [7, 11) is 3.15. The van der Waals surface area contributed by atoms with Crippen molar-refractivity contribution in [2.24, 2.45) is 5.11 Å². The molecule has 3 rings (SSSR count). The number of allylic oxidation sites excluding steroid dienone is 1. The van der Waals surface area contributed by atoms with Crippen molar-refractivity contribution in [3.8, 4) is 17.2 Å². The molecule has 2 aromatic carbocycles. The van der Waals surface area contributed by atoms with Gasteiger partial charge >= 0.3 is 5.97 Å². The second-order valence-electron chi connectivity index (χ2n) is 6.98. The number of rotatable bonds is 5. The Bertz CT molecular complexity index is 1120. The van der Waals surface area contributed by atoms with E-state index in [9.17, 15) is 9.59 Å². The minimum Gasteiger partial charge on any atom is -0.497 e. The van der Waals surface area contributed by atoms with E-state index in [0.29, 0.717) is 42.3 Å². The smallest absolute Gasteiger partial charge is 0.307 e. The molecule has 166 valence electrons. The molecule has 0 saturated carbocycles. The van der Waals surface area contributed by atoms with Gasteiger partial charge < -0.3 is 18.9 Å². The summed E-state index contributed by atoms with van der Waals surface area (Å²) in [5.74, 6) is 1.19. The average Bonchev–Trinajstić information content (AvgIpc) is 2.87. The molecule has 0 fully saturated rings. The summed E-state index contributed by atoms with van der Waals surface area (Å²) < 4.78 is 22.5. The predicted molar refractivity (Wildman–Crippen MR) is 117 cm³/mol. The molecular weight excluding hydrogens is 414 g/mol. The molecule has 0 aromatic heterocycles. The topological polar surface area (TPSA) is 120 Å². The van der Waals surface area contributed by atoms with Crippen LogP contribution in [-0.2, 0) is 16.0 Å². The number of nitrogens with zero attached hydrogens (tertiary/aromatic N) is 3. The monoisotopic (exact) mass is 437 g/mol.